The lowest BCUT2D eigenvalue weighted by molar-refractivity contribution is -0.144. The molecule has 3 aromatic rings. The van der Waals surface area contributed by atoms with E-state index in [1.807, 2.05) is 106 Å². The minimum atomic E-state index is -1.25. The summed E-state index contributed by atoms with van der Waals surface area (Å²) in [4.78, 5) is 59.8. The summed E-state index contributed by atoms with van der Waals surface area (Å²) in [6.07, 6.45) is 4.52. The van der Waals surface area contributed by atoms with Crippen molar-refractivity contribution in [3.8, 4) is 5.75 Å². The van der Waals surface area contributed by atoms with E-state index in [-0.39, 0.29) is 24.3 Å². The summed E-state index contributed by atoms with van der Waals surface area (Å²) in [7, 11) is 3.76. The highest BCUT2D eigenvalue weighted by molar-refractivity contribution is 5.96. The smallest absolute Gasteiger partial charge is 0.247 e. The normalized spacial score (nSPS) is 23.1. The summed E-state index contributed by atoms with van der Waals surface area (Å²) < 4.78 is 6.53. The number of ether oxygens (including phenoxy) is 1. The molecule has 3 N–H and O–H groups in total. The Bertz CT molecular complexity index is 1610. The first-order valence-corrected chi connectivity index (χ1v) is 17.1. The predicted octanol–water partition coefficient (Wildman–Crippen LogP) is 4.09. The predicted molar refractivity (Wildman–Crippen MR) is 189 cm³/mol. The van der Waals surface area contributed by atoms with E-state index in [4.69, 9.17) is 4.74 Å². The first kappa shape index (κ1) is 35.3. The monoisotopic (exact) mass is 665 g/mol. The maximum Gasteiger partial charge on any atom is 0.247 e. The van der Waals surface area contributed by atoms with Crippen LogP contribution < -0.4 is 20.7 Å². The Morgan fingerprint density at radius 3 is 2.29 bits per heavy atom. The molecule has 6 atom stereocenters. The molecule has 3 heterocycles. The summed E-state index contributed by atoms with van der Waals surface area (Å²) in [5, 5.41) is 8.73. The van der Waals surface area contributed by atoms with Gasteiger partial charge in [0, 0.05) is 19.2 Å². The second-order valence-corrected chi connectivity index (χ2v) is 13.1. The van der Waals surface area contributed by atoms with Crippen LogP contribution in [-0.4, -0.2) is 78.2 Å². The molecule has 3 aromatic carbocycles. The first-order chi connectivity index (χ1) is 23.7. The molecule has 10 heteroatoms. The Morgan fingerprint density at radius 2 is 1.63 bits per heavy atom. The van der Waals surface area contributed by atoms with Gasteiger partial charge in [-0.2, -0.15) is 0 Å². The van der Waals surface area contributed by atoms with Crippen LogP contribution in [0.5, 0.6) is 5.75 Å². The van der Waals surface area contributed by atoms with Crippen LogP contribution in [0.15, 0.2) is 91.1 Å². The molecule has 4 amide bonds. The van der Waals surface area contributed by atoms with Gasteiger partial charge in [0.05, 0.1) is 6.04 Å². The van der Waals surface area contributed by atoms with Crippen LogP contribution in [0.25, 0.3) is 6.08 Å². The lowest BCUT2D eigenvalue weighted by Gasteiger charge is -2.35. The van der Waals surface area contributed by atoms with Crippen LogP contribution in [-0.2, 0) is 25.6 Å². The number of fused-ring (bicyclic) bond motifs is 10. The second-order valence-electron chi connectivity index (χ2n) is 13.1. The summed E-state index contributed by atoms with van der Waals surface area (Å²) in [6.45, 7) is 4.54. The number of nitrogens with one attached hydrogen (secondary N) is 3. The molecule has 6 unspecified atom stereocenters. The van der Waals surface area contributed by atoms with Crippen molar-refractivity contribution in [2.24, 2.45) is 5.92 Å². The Hall–Kier alpha value is -4.96. The summed E-state index contributed by atoms with van der Waals surface area (Å²) in [6, 6.07) is 22.6. The van der Waals surface area contributed by atoms with Crippen molar-refractivity contribution in [3.63, 3.8) is 0 Å². The SMILES string of the molecule is CCC(C)C(C(=O)N1CCCC1C(=O)NC1C(=O)NC(Cc2ccccc2)C(=O)N/C=C\c2ccc(cc2)OC1c1ccccc1)N(C)C. The van der Waals surface area contributed by atoms with Crippen molar-refractivity contribution >= 4 is 29.7 Å². The number of amides is 4. The Labute approximate surface area is 288 Å². The maximum atomic E-state index is 14.5. The molecule has 0 saturated carbocycles. The maximum absolute atomic E-state index is 14.5. The molecule has 0 aromatic heterocycles. The number of hydrogen-bond donors (Lipinski definition) is 3. The van der Waals surface area contributed by atoms with Crippen molar-refractivity contribution in [2.45, 2.75) is 69.8 Å². The van der Waals surface area contributed by atoms with Gasteiger partial charge in [0.25, 0.3) is 0 Å². The molecular weight excluding hydrogens is 618 g/mol. The fourth-order valence-corrected chi connectivity index (χ4v) is 6.61. The number of benzene rings is 3. The quantitative estimate of drug-likeness (QED) is 0.317. The topological polar surface area (TPSA) is 120 Å². The van der Waals surface area contributed by atoms with Crippen LogP contribution in [0.4, 0.5) is 0 Å². The molecular formula is C39H47N5O5. The Balaban J connectivity index is 1.52. The first-order valence-electron chi connectivity index (χ1n) is 17.1. The van der Waals surface area contributed by atoms with E-state index in [1.165, 1.54) is 0 Å². The third-order valence-electron chi connectivity index (χ3n) is 9.40. The van der Waals surface area contributed by atoms with E-state index in [1.54, 1.807) is 29.3 Å². The highest BCUT2D eigenvalue weighted by atomic mass is 16.5. The van der Waals surface area contributed by atoms with E-state index < -0.39 is 42.0 Å². The summed E-state index contributed by atoms with van der Waals surface area (Å²) >= 11 is 0. The van der Waals surface area contributed by atoms with Gasteiger partial charge in [-0.25, -0.2) is 0 Å². The van der Waals surface area contributed by atoms with E-state index in [2.05, 4.69) is 16.0 Å². The van der Waals surface area contributed by atoms with Gasteiger partial charge in [-0.15, -0.1) is 0 Å². The number of hydrogen-bond acceptors (Lipinski definition) is 6. The average molecular weight is 666 g/mol. The van der Waals surface area contributed by atoms with Crippen LogP contribution in [0.1, 0.15) is 55.9 Å². The van der Waals surface area contributed by atoms with E-state index >= 15 is 0 Å². The van der Waals surface area contributed by atoms with Crippen molar-refractivity contribution in [1.29, 1.82) is 0 Å². The minimum Gasteiger partial charge on any atom is -0.483 e. The van der Waals surface area contributed by atoms with Gasteiger partial charge in [-0.1, -0.05) is 93.1 Å². The van der Waals surface area contributed by atoms with Gasteiger partial charge >= 0.3 is 0 Å². The molecule has 3 aliphatic rings. The molecule has 1 saturated heterocycles. The Morgan fingerprint density at radius 1 is 0.959 bits per heavy atom. The molecule has 3 aliphatic heterocycles. The van der Waals surface area contributed by atoms with Crippen molar-refractivity contribution in [1.82, 2.24) is 25.8 Å². The molecule has 1 fully saturated rings. The van der Waals surface area contributed by atoms with Crippen molar-refractivity contribution in [2.75, 3.05) is 20.6 Å². The van der Waals surface area contributed by atoms with Gasteiger partial charge in [0.1, 0.15) is 23.9 Å². The zero-order valence-electron chi connectivity index (χ0n) is 28.7. The van der Waals surface area contributed by atoms with Gasteiger partial charge in [0.15, 0.2) is 6.10 Å². The van der Waals surface area contributed by atoms with Crippen LogP contribution in [0.2, 0.25) is 0 Å². The molecule has 10 nitrogen and oxygen atoms in total. The van der Waals surface area contributed by atoms with Gasteiger partial charge < -0.3 is 25.6 Å². The van der Waals surface area contributed by atoms with E-state index in [0.29, 0.717) is 30.7 Å². The summed E-state index contributed by atoms with van der Waals surface area (Å²) in [5.41, 5.74) is 2.36. The molecule has 6 rings (SSSR count). The largest absolute Gasteiger partial charge is 0.483 e. The van der Waals surface area contributed by atoms with Crippen molar-refractivity contribution < 1.29 is 23.9 Å². The standard InChI is InChI=1S/C39H47N5O5/c1-5-26(2)34(43(3)4)39(48)44-24-12-17-32(44)37(46)42-33-35(29-15-10-7-11-16-29)49-30-20-18-27(19-21-30)22-23-40-36(45)31(41-38(33)47)25-28-13-8-6-9-14-28/h6-11,13-16,18-23,26,31-35H,5,12,17,24-25H2,1-4H3,(H,40,45)(H,41,47)(H,42,46)/b23-22-. The molecule has 49 heavy (non-hydrogen) atoms. The minimum absolute atomic E-state index is 0.0852. The fourth-order valence-electron chi connectivity index (χ4n) is 6.61. The lowest BCUT2D eigenvalue weighted by atomic mass is 9.96. The number of nitrogens with zero attached hydrogens (tertiary/aromatic N) is 2. The molecule has 0 spiro atoms. The average Bonchev–Trinajstić information content (AvgIpc) is 3.61. The second kappa shape index (κ2) is 16.4. The van der Waals surface area contributed by atoms with Crippen molar-refractivity contribution in [3.05, 3.63) is 108 Å². The lowest BCUT2D eigenvalue weighted by Crippen LogP contribution is -2.60. The number of likely N-dealkylation sites (tertiary alicyclic amines) is 1. The van der Waals surface area contributed by atoms with E-state index in [9.17, 15) is 19.2 Å². The number of carbonyl (C=O) groups excluding carboxylic acids is 4. The van der Waals surface area contributed by atoms with Crippen LogP contribution in [0, 0.1) is 5.92 Å². The Kier molecular flexibility index (Phi) is 11.9. The fraction of sp³-hybridized carbons (Fsp3) is 0.385. The van der Waals surface area contributed by atoms with Crippen LogP contribution >= 0.6 is 0 Å². The highest BCUT2D eigenvalue weighted by Crippen LogP contribution is 2.28. The zero-order chi connectivity index (χ0) is 34.9. The van der Waals surface area contributed by atoms with Gasteiger partial charge in [-0.3, -0.25) is 24.1 Å². The molecule has 0 radical (unpaired) electrons. The molecule has 0 aliphatic carbocycles. The summed E-state index contributed by atoms with van der Waals surface area (Å²) in [5.74, 6) is -0.951. The highest BCUT2D eigenvalue weighted by Gasteiger charge is 2.42. The van der Waals surface area contributed by atoms with Gasteiger partial charge in [-0.05, 0) is 67.8 Å². The molecule has 258 valence electrons. The zero-order valence-corrected chi connectivity index (χ0v) is 28.7. The third kappa shape index (κ3) is 8.75. The number of rotatable bonds is 9. The molecule has 2 bridgehead atoms. The number of carbonyl (C=O) groups is 4. The van der Waals surface area contributed by atoms with Gasteiger partial charge in [0.2, 0.25) is 23.6 Å². The number of likely N-dealkylation sites (N-methyl/N-ethyl adjacent to an activating group) is 1. The van der Waals surface area contributed by atoms with E-state index in [0.717, 1.165) is 17.5 Å². The third-order valence-corrected chi connectivity index (χ3v) is 9.40. The van der Waals surface area contributed by atoms with Crippen LogP contribution in [0.3, 0.4) is 0 Å².